The molecule has 2 aromatic rings. The number of carbonyl (C=O) groups is 1. The van der Waals surface area contributed by atoms with E-state index in [9.17, 15) is 9.59 Å². The lowest BCUT2D eigenvalue weighted by Crippen LogP contribution is -2.49. The summed E-state index contributed by atoms with van der Waals surface area (Å²) in [6.07, 6.45) is 7.55. The number of hydrogen-bond donors (Lipinski definition) is 0. The summed E-state index contributed by atoms with van der Waals surface area (Å²) in [7, 11) is 0. The summed E-state index contributed by atoms with van der Waals surface area (Å²) in [4.78, 5) is 27.6. The second kappa shape index (κ2) is 7.15. The fourth-order valence-electron chi connectivity index (χ4n) is 4.23. The fraction of sp³-hybridized carbons (Fsp3) is 0.611. The predicted molar refractivity (Wildman–Crippen MR) is 95.4 cm³/mol. The van der Waals surface area contributed by atoms with Crippen LogP contribution in [0.3, 0.4) is 0 Å². The number of fused-ring (bicyclic) bond motifs is 1. The van der Waals surface area contributed by atoms with E-state index >= 15 is 0 Å². The molecule has 25 heavy (non-hydrogen) atoms. The second-order valence-electron chi connectivity index (χ2n) is 6.96. The number of rotatable bonds is 4. The molecular weight excluding hydrogens is 338 g/mol. The summed E-state index contributed by atoms with van der Waals surface area (Å²) in [6, 6.07) is 4.16. The van der Waals surface area contributed by atoms with Crippen LogP contribution in [-0.2, 0) is 11.3 Å². The molecule has 1 saturated carbocycles. The Labute approximate surface area is 150 Å². The van der Waals surface area contributed by atoms with Crippen molar-refractivity contribution in [1.29, 1.82) is 0 Å². The number of hydrogen-bond acceptors (Lipinski definition) is 5. The topological polar surface area (TPSA) is 68.3 Å². The minimum atomic E-state index is -0.495. The van der Waals surface area contributed by atoms with Gasteiger partial charge in [-0.1, -0.05) is 18.9 Å². The van der Waals surface area contributed by atoms with Gasteiger partial charge < -0.3 is 9.32 Å². The summed E-state index contributed by atoms with van der Waals surface area (Å²) >= 11 is 1.47. The first-order chi connectivity index (χ1) is 12.2. The van der Waals surface area contributed by atoms with Crippen LogP contribution in [0.1, 0.15) is 44.9 Å². The maximum Gasteiger partial charge on any atom is 0.437 e. The Hall–Kier alpha value is -1.89. The minimum absolute atomic E-state index is 0.143. The van der Waals surface area contributed by atoms with E-state index in [4.69, 9.17) is 4.42 Å². The Balaban J connectivity index is 1.41. The monoisotopic (exact) mass is 361 g/mol. The lowest BCUT2D eigenvalue weighted by Gasteiger charge is -2.44. The van der Waals surface area contributed by atoms with Gasteiger partial charge in [0.15, 0.2) is 0 Å². The molecule has 1 aliphatic heterocycles. The zero-order chi connectivity index (χ0) is 17.2. The van der Waals surface area contributed by atoms with Gasteiger partial charge in [0.2, 0.25) is 5.91 Å². The molecule has 2 aliphatic rings. The fourth-order valence-corrected chi connectivity index (χ4v) is 4.87. The highest BCUT2D eigenvalue weighted by Gasteiger charge is 2.35. The summed E-state index contributed by atoms with van der Waals surface area (Å²) in [6.45, 7) is 1.13. The Morgan fingerprint density at radius 2 is 2.12 bits per heavy atom. The summed E-state index contributed by atoms with van der Waals surface area (Å²) in [5.41, 5.74) is 0. The maximum atomic E-state index is 12.7. The Morgan fingerprint density at radius 3 is 2.96 bits per heavy atom. The van der Waals surface area contributed by atoms with Crippen LogP contribution in [0.2, 0.25) is 0 Å². The van der Waals surface area contributed by atoms with Crippen LogP contribution < -0.4 is 5.76 Å². The third-order valence-electron chi connectivity index (χ3n) is 5.44. The van der Waals surface area contributed by atoms with Crippen LogP contribution in [0.5, 0.6) is 0 Å². The molecule has 4 rings (SSSR count). The van der Waals surface area contributed by atoms with Crippen LogP contribution in [0.15, 0.2) is 26.7 Å². The van der Waals surface area contributed by atoms with Crippen LogP contribution in [0.4, 0.5) is 0 Å². The molecular formula is C18H23N3O3S. The molecule has 1 aliphatic carbocycles. The Bertz CT molecular complexity index is 778. The van der Waals surface area contributed by atoms with Gasteiger partial charge in [-0.25, -0.2) is 4.79 Å². The van der Waals surface area contributed by atoms with E-state index in [0.717, 1.165) is 24.3 Å². The molecule has 0 spiro atoms. The number of likely N-dealkylation sites (tertiary alicyclic amines) is 1. The van der Waals surface area contributed by atoms with E-state index in [0.29, 0.717) is 24.3 Å². The first-order valence-corrected chi connectivity index (χ1v) is 10.0. The molecule has 1 saturated heterocycles. The van der Waals surface area contributed by atoms with Gasteiger partial charge in [-0.3, -0.25) is 4.79 Å². The van der Waals surface area contributed by atoms with E-state index in [2.05, 4.69) is 10.00 Å². The number of aromatic nitrogens is 2. The van der Waals surface area contributed by atoms with E-state index in [-0.39, 0.29) is 12.5 Å². The maximum absolute atomic E-state index is 12.7. The van der Waals surface area contributed by atoms with Crippen molar-refractivity contribution in [1.82, 2.24) is 14.7 Å². The first kappa shape index (κ1) is 16.6. The van der Waals surface area contributed by atoms with Crippen LogP contribution in [0, 0.1) is 5.92 Å². The lowest BCUT2D eigenvalue weighted by molar-refractivity contribution is -0.137. The molecule has 0 bridgehead atoms. The SMILES string of the molecule is O=C(CCn1nc(-c2cccs2)oc1=O)N1CCC[C@H]2CCCC[C@H]21. The zero-order valence-corrected chi connectivity index (χ0v) is 15.0. The van der Waals surface area contributed by atoms with Gasteiger partial charge in [-0.15, -0.1) is 16.4 Å². The average Bonchev–Trinajstić information content (AvgIpc) is 3.29. The third kappa shape index (κ3) is 3.42. The molecule has 0 radical (unpaired) electrons. The van der Waals surface area contributed by atoms with E-state index < -0.39 is 5.76 Å². The first-order valence-electron chi connectivity index (χ1n) is 9.13. The number of piperidine rings is 1. The van der Waals surface area contributed by atoms with Gasteiger partial charge in [0, 0.05) is 19.0 Å². The molecule has 2 fully saturated rings. The molecule has 3 heterocycles. The summed E-state index contributed by atoms with van der Waals surface area (Å²) < 4.78 is 6.48. The highest BCUT2D eigenvalue weighted by molar-refractivity contribution is 7.13. The van der Waals surface area contributed by atoms with Crippen molar-refractivity contribution in [2.45, 2.75) is 57.5 Å². The number of thiophene rings is 1. The third-order valence-corrected chi connectivity index (χ3v) is 6.30. The van der Waals surface area contributed by atoms with Crippen LogP contribution in [0.25, 0.3) is 10.8 Å². The van der Waals surface area contributed by atoms with Gasteiger partial charge >= 0.3 is 5.76 Å². The Kier molecular flexibility index (Phi) is 4.74. The number of nitrogens with zero attached hydrogens (tertiary/aromatic N) is 3. The number of carbonyl (C=O) groups excluding carboxylic acids is 1. The van der Waals surface area contributed by atoms with Crippen molar-refractivity contribution >= 4 is 17.2 Å². The zero-order valence-electron chi connectivity index (χ0n) is 14.2. The lowest BCUT2D eigenvalue weighted by atomic mass is 9.78. The summed E-state index contributed by atoms with van der Waals surface area (Å²) in [5.74, 6) is 0.652. The van der Waals surface area contributed by atoms with Crippen LogP contribution in [-0.4, -0.2) is 33.2 Å². The number of amides is 1. The van der Waals surface area contributed by atoms with Gasteiger partial charge in [-0.05, 0) is 43.0 Å². The standard InChI is InChI=1S/C18H23N3O3S/c22-16(20-10-3-6-13-5-1-2-7-14(13)20)9-11-21-18(23)24-17(19-21)15-8-4-12-25-15/h4,8,12-14H,1-3,5-7,9-11H2/t13-,14-/m1/s1. The van der Waals surface area contributed by atoms with Crippen molar-refractivity contribution in [3.05, 3.63) is 28.1 Å². The molecule has 134 valence electrons. The van der Waals surface area contributed by atoms with Gasteiger partial charge in [0.25, 0.3) is 5.89 Å². The van der Waals surface area contributed by atoms with Crippen molar-refractivity contribution in [2.75, 3.05) is 6.54 Å². The van der Waals surface area contributed by atoms with Gasteiger partial charge in [0.1, 0.15) is 0 Å². The van der Waals surface area contributed by atoms with E-state index in [1.54, 1.807) is 0 Å². The van der Waals surface area contributed by atoms with Gasteiger partial charge in [0.05, 0.1) is 11.4 Å². The molecule has 2 atom stereocenters. The summed E-state index contributed by atoms with van der Waals surface area (Å²) in [5, 5.41) is 6.14. The second-order valence-corrected chi connectivity index (χ2v) is 7.91. The molecule has 2 aromatic heterocycles. The van der Waals surface area contributed by atoms with Crippen LogP contribution >= 0.6 is 11.3 Å². The molecule has 6 nitrogen and oxygen atoms in total. The molecule has 1 amide bonds. The smallest absolute Gasteiger partial charge is 0.387 e. The molecule has 0 unspecified atom stereocenters. The van der Waals surface area contributed by atoms with E-state index in [1.165, 1.54) is 41.7 Å². The van der Waals surface area contributed by atoms with Crippen molar-refractivity contribution in [3.63, 3.8) is 0 Å². The highest BCUT2D eigenvalue weighted by atomic mass is 32.1. The quantitative estimate of drug-likeness (QED) is 0.839. The molecule has 7 heteroatoms. The van der Waals surface area contributed by atoms with Crippen molar-refractivity contribution in [3.8, 4) is 10.8 Å². The Morgan fingerprint density at radius 1 is 1.28 bits per heavy atom. The normalized spacial score (nSPS) is 23.4. The molecule has 0 aromatic carbocycles. The van der Waals surface area contributed by atoms with E-state index in [1.807, 2.05) is 17.5 Å². The number of aryl methyl sites for hydroxylation is 1. The minimum Gasteiger partial charge on any atom is -0.387 e. The highest BCUT2D eigenvalue weighted by Crippen LogP contribution is 2.35. The van der Waals surface area contributed by atoms with Crippen molar-refractivity contribution < 1.29 is 9.21 Å². The largest absolute Gasteiger partial charge is 0.437 e. The van der Waals surface area contributed by atoms with Crippen molar-refractivity contribution in [2.24, 2.45) is 5.92 Å². The van der Waals surface area contributed by atoms with Gasteiger partial charge in [-0.2, -0.15) is 4.68 Å². The average molecular weight is 361 g/mol. The molecule has 0 N–H and O–H groups in total. The predicted octanol–water partition coefficient (Wildman–Crippen LogP) is 3.14.